The van der Waals surface area contributed by atoms with E-state index >= 15 is 0 Å². The van der Waals surface area contributed by atoms with Crippen LogP contribution in [0.3, 0.4) is 0 Å². The highest BCUT2D eigenvalue weighted by Crippen LogP contribution is 2.22. The van der Waals surface area contributed by atoms with Crippen molar-refractivity contribution in [2.75, 3.05) is 33.4 Å². The predicted octanol–water partition coefficient (Wildman–Crippen LogP) is 2.23. The molecule has 0 spiro atoms. The summed E-state index contributed by atoms with van der Waals surface area (Å²) in [5.41, 5.74) is 6.56. The molecule has 1 saturated heterocycles. The van der Waals surface area contributed by atoms with Crippen LogP contribution in [0.5, 0.6) is 5.75 Å². The molecule has 2 N–H and O–H groups in total. The van der Waals surface area contributed by atoms with Gasteiger partial charge in [0.2, 0.25) is 0 Å². The third-order valence-corrected chi connectivity index (χ3v) is 3.35. The topological polar surface area (TPSA) is 47.7 Å². The average Bonchev–Trinajstić information content (AvgIpc) is 2.41. The monoisotopic (exact) mass is 340 g/mol. The zero-order valence-electron chi connectivity index (χ0n) is 12.1. The number of halogens is 3. The van der Waals surface area contributed by atoms with Gasteiger partial charge in [0.1, 0.15) is 11.6 Å². The van der Waals surface area contributed by atoms with Gasteiger partial charge in [-0.1, -0.05) is 6.07 Å². The van der Waals surface area contributed by atoms with Gasteiger partial charge in [-0.15, -0.1) is 24.8 Å². The number of rotatable bonds is 5. The van der Waals surface area contributed by atoms with Gasteiger partial charge >= 0.3 is 0 Å². The summed E-state index contributed by atoms with van der Waals surface area (Å²) >= 11 is 0. The lowest BCUT2D eigenvalue weighted by Crippen LogP contribution is -2.42. The van der Waals surface area contributed by atoms with E-state index in [9.17, 15) is 4.39 Å². The van der Waals surface area contributed by atoms with E-state index in [2.05, 4.69) is 4.90 Å². The standard InChI is InChI=1S/C14H21FN2O2.2ClH/c1-18-14-8-12(15)3-2-11(14)9-17-6-7-19-13(10-17)4-5-16;;/h2-3,8,13H,4-7,9-10,16H2,1H3;2*1H. The van der Waals surface area contributed by atoms with Crippen LogP contribution in [0.2, 0.25) is 0 Å². The number of benzene rings is 1. The summed E-state index contributed by atoms with van der Waals surface area (Å²) in [7, 11) is 1.56. The molecule has 1 atom stereocenters. The molecule has 0 saturated carbocycles. The highest BCUT2D eigenvalue weighted by molar-refractivity contribution is 5.85. The van der Waals surface area contributed by atoms with E-state index in [0.717, 1.165) is 31.6 Å². The van der Waals surface area contributed by atoms with Crippen LogP contribution >= 0.6 is 24.8 Å². The molecular formula is C14H23Cl2FN2O2. The molecule has 1 fully saturated rings. The Kier molecular flexibility index (Phi) is 9.90. The van der Waals surface area contributed by atoms with Crippen LogP contribution in [0.25, 0.3) is 0 Å². The number of morpholine rings is 1. The molecule has 122 valence electrons. The Morgan fingerprint density at radius 2 is 2.19 bits per heavy atom. The van der Waals surface area contributed by atoms with E-state index in [1.807, 2.05) is 0 Å². The van der Waals surface area contributed by atoms with Crippen molar-refractivity contribution in [2.24, 2.45) is 5.73 Å². The van der Waals surface area contributed by atoms with Crippen molar-refractivity contribution < 1.29 is 13.9 Å². The summed E-state index contributed by atoms with van der Waals surface area (Å²) in [6, 6.07) is 4.67. The average molecular weight is 341 g/mol. The smallest absolute Gasteiger partial charge is 0.126 e. The second-order valence-corrected chi connectivity index (χ2v) is 4.76. The lowest BCUT2D eigenvalue weighted by molar-refractivity contribution is -0.0337. The van der Waals surface area contributed by atoms with Crippen molar-refractivity contribution in [1.29, 1.82) is 0 Å². The fourth-order valence-electron chi connectivity index (χ4n) is 2.37. The second-order valence-electron chi connectivity index (χ2n) is 4.76. The van der Waals surface area contributed by atoms with Gasteiger partial charge in [-0.2, -0.15) is 0 Å². The SMILES string of the molecule is COc1cc(F)ccc1CN1CCOC(CCN)C1.Cl.Cl. The summed E-state index contributed by atoms with van der Waals surface area (Å²) in [6.07, 6.45) is 1.07. The Hall–Kier alpha value is -0.590. The number of ether oxygens (including phenoxy) is 2. The summed E-state index contributed by atoms with van der Waals surface area (Å²) in [5.74, 6) is 0.324. The van der Waals surface area contributed by atoms with Crippen LogP contribution in [0.15, 0.2) is 18.2 Å². The Morgan fingerprint density at radius 3 is 2.86 bits per heavy atom. The van der Waals surface area contributed by atoms with Crippen LogP contribution in [-0.4, -0.2) is 44.4 Å². The maximum atomic E-state index is 13.1. The van der Waals surface area contributed by atoms with Gasteiger partial charge in [0, 0.05) is 31.3 Å². The van der Waals surface area contributed by atoms with Gasteiger partial charge in [0.15, 0.2) is 0 Å². The third kappa shape index (κ3) is 5.96. The Morgan fingerprint density at radius 1 is 1.43 bits per heavy atom. The molecule has 1 aliphatic heterocycles. The van der Waals surface area contributed by atoms with E-state index in [1.165, 1.54) is 12.1 Å². The van der Waals surface area contributed by atoms with Crippen molar-refractivity contribution in [3.63, 3.8) is 0 Å². The van der Waals surface area contributed by atoms with E-state index in [4.69, 9.17) is 15.2 Å². The normalized spacial score (nSPS) is 18.5. The molecular weight excluding hydrogens is 318 g/mol. The number of nitrogens with zero attached hydrogens (tertiary/aromatic N) is 1. The van der Waals surface area contributed by atoms with Crippen molar-refractivity contribution in [1.82, 2.24) is 4.90 Å². The first-order valence-electron chi connectivity index (χ1n) is 6.59. The van der Waals surface area contributed by atoms with Crippen LogP contribution < -0.4 is 10.5 Å². The molecule has 1 aromatic carbocycles. The predicted molar refractivity (Wildman–Crippen MR) is 86.1 cm³/mol. The van der Waals surface area contributed by atoms with Gasteiger partial charge < -0.3 is 15.2 Å². The van der Waals surface area contributed by atoms with E-state index < -0.39 is 0 Å². The summed E-state index contributed by atoms with van der Waals surface area (Å²) in [4.78, 5) is 2.29. The van der Waals surface area contributed by atoms with Gasteiger partial charge in [0.05, 0.1) is 19.8 Å². The summed E-state index contributed by atoms with van der Waals surface area (Å²) in [6.45, 7) is 3.83. The summed E-state index contributed by atoms with van der Waals surface area (Å²) in [5, 5.41) is 0. The lowest BCUT2D eigenvalue weighted by Gasteiger charge is -2.33. The van der Waals surface area contributed by atoms with Crippen LogP contribution in [0, 0.1) is 5.82 Å². The first kappa shape index (κ1) is 20.4. The van der Waals surface area contributed by atoms with Crippen molar-refractivity contribution in [3.8, 4) is 5.75 Å². The molecule has 1 aromatic rings. The van der Waals surface area contributed by atoms with Gasteiger partial charge in [-0.05, 0) is 19.0 Å². The largest absolute Gasteiger partial charge is 0.496 e. The molecule has 2 rings (SSSR count). The quantitative estimate of drug-likeness (QED) is 0.892. The molecule has 1 heterocycles. The Balaban J connectivity index is 0.00000200. The molecule has 0 amide bonds. The zero-order valence-corrected chi connectivity index (χ0v) is 13.7. The number of methoxy groups -OCH3 is 1. The first-order valence-corrected chi connectivity index (χ1v) is 6.59. The molecule has 0 bridgehead atoms. The molecule has 1 unspecified atom stereocenters. The van der Waals surface area contributed by atoms with E-state index in [-0.39, 0.29) is 36.7 Å². The van der Waals surface area contributed by atoms with Gasteiger partial charge in [0.25, 0.3) is 0 Å². The molecule has 7 heteroatoms. The van der Waals surface area contributed by atoms with Crippen LogP contribution in [0.4, 0.5) is 4.39 Å². The molecule has 4 nitrogen and oxygen atoms in total. The molecule has 21 heavy (non-hydrogen) atoms. The fourth-order valence-corrected chi connectivity index (χ4v) is 2.37. The fraction of sp³-hybridized carbons (Fsp3) is 0.571. The zero-order chi connectivity index (χ0) is 13.7. The molecule has 0 aromatic heterocycles. The van der Waals surface area contributed by atoms with Crippen LogP contribution in [0.1, 0.15) is 12.0 Å². The Bertz CT molecular complexity index is 422. The maximum Gasteiger partial charge on any atom is 0.126 e. The van der Waals surface area contributed by atoms with Crippen molar-refractivity contribution >= 4 is 24.8 Å². The minimum Gasteiger partial charge on any atom is -0.496 e. The highest BCUT2D eigenvalue weighted by Gasteiger charge is 2.20. The minimum absolute atomic E-state index is 0. The first-order chi connectivity index (χ1) is 9.22. The third-order valence-electron chi connectivity index (χ3n) is 3.35. The number of hydrogen-bond acceptors (Lipinski definition) is 4. The Labute approximate surface area is 137 Å². The lowest BCUT2D eigenvalue weighted by atomic mass is 10.1. The number of hydrogen-bond donors (Lipinski definition) is 1. The van der Waals surface area contributed by atoms with Gasteiger partial charge in [-0.3, -0.25) is 4.90 Å². The van der Waals surface area contributed by atoms with Crippen molar-refractivity contribution in [2.45, 2.75) is 19.1 Å². The molecule has 0 radical (unpaired) electrons. The minimum atomic E-state index is -0.274. The van der Waals surface area contributed by atoms with Crippen LogP contribution in [-0.2, 0) is 11.3 Å². The summed E-state index contributed by atoms with van der Waals surface area (Å²) < 4.78 is 24.0. The highest BCUT2D eigenvalue weighted by atomic mass is 35.5. The van der Waals surface area contributed by atoms with E-state index in [1.54, 1.807) is 13.2 Å². The second kappa shape index (κ2) is 10.2. The number of nitrogens with two attached hydrogens (primary N) is 1. The van der Waals surface area contributed by atoms with E-state index in [0.29, 0.717) is 18.9 Å². The van der Waals surface area contributed by atoms with Crippen molar-refractivity contribution in [3.05, 3.63) is 29.6 Å². The molecule has 1 aliphatic rings. The molecule has 0 aliphatic carbocycles. The van der Waals surface area contributed by atoms with Gasteiger partial charge in [-0.25, -0.2) is 4.39 Å². The maximum absolute atomic E-state index is 13.1.